The molecule has 232 valence electrons. The van der Waals surface area contributed by atoms with Gasteiger partial charge >= 0.3 is 0 Å². The van der Waals surface area contributed by atoms with Crippen molar-refractivity contribution in [3.63, 3.8) is 0 Å². The first-order valence-corrected chi connectivity index (χ1v) is 15.4. The average molecular weight is 600 g/mol. The van der Waals surface area contributed by atoms with Crippen molar-refractivity contribution >= 4 is 16.8 Å². The molecule has 0 bridgehead atoms. The molecule has 4 aromatic rings. The standard InChI is InChI=1S/C34H41N5O5/c1-37-13-15-39(16-14-37)17-20-42-29-22-30-32(31(23-29)43-27-11-18-41-19-12-27)34(36-38(30)2)44-28-10-6-9-26(21-28)33(40)35-24-25-7-4-3-5-8-25/h3-10,21-23,27H,11-20,24H2,1-2H3,(H,35,40). The van der Waals surface area contributed by atoms with E-state index in [0.29, 0.717) is 49.3 Å². The van der Waals surface area contributed by atoms with Gasteiger partial charge in [0.1, 0.15) is 35.3 Å². The molecule has 6 rings (SSSR count). The van der Waals surface area contributed by atoms with Crippen LogP contribution in [0.1, 0.15) is 28.8 Å². The molecule has 0 unspecified atom stereocenters. The first-order chi connectivity index (χ1) is 21.5. The summed E-state index contributed by atoms with van der Waals surface area (Å²) in [5.74, 6) is 2.16. The van der Waals surface area contributed by atoms with Gasteiger partial charge in [0.05, 0.1) is 18.7 Å². The molecule has 1 N–H and O–H groups in total. The van der Waals surface area contributed by atoms with Crippen molar-refractivity contribution in [3.8, 4) is 23.1 Å². The number of ether oxygens (including phenoxy) is 4. The first-order valence-electron chi connectivity index (χ1n) is 15.4. The van der Waals surface area contributed by atoms with E-state index in [9.17, 15) is 4.79 Å². The number of piperazine rings is 1. The fourth-order valence-corrected chi connectivity index (χ4v) is 5.56. The Kier molecular flexibility index (Phi) is 9.60. The Hall–Kier alpha value is -4.12. The fraction of sp³-hybridized carbons (Fsp3) is 0.412. The average Bonchev–Trinajstić information content (AvgIpc) is 3.36. The van der Waals surface area contributed by atoms with Gasteiger partial charge in [-0.1, -0.05) is 36.4 Å². The lowest BCUT2D eigenvalue weighted by atomic mass is 10.1. The predicted molar refractivity (Wildman–Crippen MR) is 169 cm³/mol. The lowest BCUT2D eigenvalue weighted by molar-refractivity contribution is 0.0260. The van der Waals surface area contributed by atoms with Gasteiger partial charge in [-0.2, -0.15) is 0 Å². The van der Waals surface area contributed by atoms with Gasteiger partial charge in [0, 0.05) is 76.9 Å². The second kappa shape index (κ2) is 14.1. The number of amides is 1. The van der Waals surface area contributed by atoms with E-state index < -0.39 is 0 Å². The third kappa shape index (κ3) is 7.50. The van der Waals surface area contributed by atoms with Gasteiger partial charge in [0.15, 0.2) is 0 Å². The molecule has 2 saturated heterocycles. The number of hydrogen-bond acceptors (Lipinski definition) is 8. The highest BCUT2D eigenvalue weighted by molar-refractivity contribution is 5.95. The second-order valence-electron chi connectivity index (χ2n) is 11.5. The van der Waals surface area contributed by atoms with Crippen LogP contribution in [0.2, 0.25) is 0 Å². The smallest absolute Gasteiger partial charge is 0.251 e. The number of rotatable bonds is 11. The van der Waals surface area contributed by atoms with E-state index in [1.807, 2.05) is 61.6 Å². The number of aryl methyl sites for hydroxylation is 1. The number of likely N-dealkylation sites (N-methyl/N-ethyl adjacent to an activating group) is 1. The Morgan fingerprint density at radius 2 is 1.75 bits per heavy atom. The topological polar surface area (TPSA) is 90.3 Å². The molecule has 44 heavy (non-hydrogen) atoms. The van der Waals surface area contributed by atoms with Crippen LogP contribution in [0, 0.1) is 0 Å². The van der Waals surface area contributed by atoms with Crippen molar-refractivity contribution in [2.75, 3.05) is 59.6 Å². The number of nitrogens with zero attached hydrogens (tertiary/aromatic N) is 4. The fourth-order valence-electron chi connectivity index (χ4n) is 5.56. The number of hydrogen-bond donors (Lipinski definition) is 1. The molecule has 3 heterocycles. The molecule has 0 atom stereocenters. The van der Waals surface area contributed by atoms with E-state index in [2.05, 4.69) is 22.2 Å². The van der Waals surface area contributed by atoms with E-state index in [4.69, 9.17) is 24.0 Å². The van der Waals surface area contributed by atoms with Gasteiger partial charge in [0.25, 0.3) is 5.91 Å². The molecule has 0 spiro atoms. The zero-order chi connectivity index (χ0) is 30.3. The van der Waals surface area contributed by atoms with Crippen LogP contribution in [-0.2, 0) is 18.3 Å². The van der Waals surface area contributed by atoms with Crippen LogP contribution in [-0.4, -0.2) is 91.2 Å². The van der Waals surface area contributed by atoms with Gasteiger partial charge in [-0.15, -0.1) is 5.10 Å². The Morgan fingerprint density at radius 3 is 2.55 bits per heavy atom. The molecule has 0 saturated carbocycles. The van der Waals surface area contributed by atoms with E-state index in [1.54, 1.807) is 16.8 Å². The minimum absolute atomic E-state index is 0.0252. The van der Waals surface area contributed by atoms with E-state index in [1.165, 1.54) is 0 Å². The molecule has 1 amide bonds. The Bertz CT molecular complexity index is 1540. The maximum atomic E-state index is 12.9. The highest BCUT2D eigenvalue weighted by Crippen LogP contribution is 2.40. The van der Waals surface area contributed by atoms with Crippen molar-refractivity contribution in [2.45, 2.75) is 25.5 Å². The first kappa shape index (κ1) is 29.9. The van der Waals surface area contributed by atoms with Crippen molar-refractivity contribution in [3.05, 3.63) is 77.9 Å². The van der Waals surface area contributed by atoms with Crippen molar-refractivity contribution in [1.82, 2.24) is 24.9 Å². The van der Waals surface area contributed by atoms with Crippen LogP contribution >= 0.6 is 0 Å². The highest BCUT2D eigenvalue weighted by atomic mass is 16.5. The molecule has 0 aliphatic carbocycles. The second-order valence-corrected chi connectivity index (χ2v) is 11.5. The highest BCUT2D eigenvalue weighted by Gasteiger charge is 2.23. The molecule has 1 aromatic heterocycles. The molecule has 2 aliphatic rings. The molecule has 2 fully saturated rings. The number of carbonyl (C=O) groups is 1. The molecule has 10 nitrogen and oxygen atoms in total. The van der Waals surface area contributed by atoms with Crippen LogP contribution < -0.4 is 19.5 Å². The number of carbonyl (C=O) groups excluding carboxylic acids is 1. The SMILES string of the molecule is CN1CCN(CCOc2cc(OC3CCOCC3)c3c(Oc4cccc(C(=O)NCc5ccccc5)c4)nn(C)c3c2)CC1. The third-order valence-electron chi connectivity index (χ3n) is 8.20. The van der Waals surface area contributed by atoms with Crippen LogP contribution in [0.3, 0.4) is 0 Å². The molecule has 0 radical (unpaired) electrons. The van der Waals surface area contributed by atoms with Crippen LogP contribution in [0.4, 0.5) is 0 Å². The zero-order valence-corrected chi connectivity index (χ0v) is 25.5. The summed E-state index contributed by atoms with van der Waals surface area (Å²) in [6, 6.07) is 20.9. The zero-order valence-electron chi connectivity index (χ0n) is 25.5. The summed E-state index contributed by atoms with van der Waals surface area (Å²) in [5.41, 5.74) is 2.39. The van der Waals surface area contributed by atoms with Crippen molar-refractivity contribution < 1.29 is 23.7 Å². The van der Waals surface area contributed by atoms with E-state index in [0.717, 1.165) is 67.8 Å². The van der Waals surface area contributed by atoms with Crippen LogP contribution in [0.15, 0.2) is 66.7 Å². The molecule has 3 aromatic carbocycles. The van der Waals surface area contributed by atoms with Gasteiger partial charge in [0.2, 0.25) is 5.88 Å². The Labute approximate surface area is 258 Å². The Morgan fingerprint density at radius 1 is 0.955 bits per heavy atom. The van der Waals surface area contributed by atoms with Crippen LogP contribution in [0.25, 0.3) is 10.9 Å². The third-order valence-corrected chi connectivity index (χ3v) is 8.20. The maximum Gasteiger partial charge on any atom is 0.251 e. The Balaban J connectivity index is 1.21. The van der Waals surface area contributed by atoms with E-state index in [-0.39, 0.29) is 12.0 Å². The number of nitrogens with one attached hydrogen (secondary N) is 1. The summed E-state index contributed by atoms with van der Waals surface area (Å²) in [5, 5.41) is 8.46. The van der Waals surface area contributed by atoms with Crippen molar-refractivity contribution in [1.29, 1.82) is 0 Å². The van der Waals surface area contributed by atoms with E-state index >= 15 is 0 Å². The number of aromatic nitrogens is 2. The number of fused-ring (bicyclic) bond motifs is 1. The summed E-state index contributed by atoms with van der Waals surface area (Å²) in [4.78, 5) is 17.7. The summed E-state index contributed by atoms with van der Waals surface area (Å²) in [6.07, 6.45) is 1.65. The molecule has 2 aliphatic heterocycles. The summed E-state index contributed by atoms with van der Waals surface area (Å²) in [6.45, 7) is 7.51. The largest absolute Gasteiger partial charge is 0.492 e. The molecular weight excluding hydrogens is 558 g/mol. The maximum absolute atomic E-state index is 12.9. The van der Waals surface area contributed by atoms with Gasteiger partial charge in [-0.3, -0.25) is 14.4 Å². The normalized spacial score (nSPS) is 16.6. The molecule has 10 heteroatoms. The van der Waals surface area contributed by atoms with Crippen molar-refractivity contribution in [2.24, 2.45) is 7.05 Å². The molecular formula is C34H41N5O5. The van der Waals surface area contributed by atoms with Gasteiger partial charge in [-0.05, 0) is 30.8 Å². The lowest BCUT2D eigenvalue weighted by Gasteiger charge is -2.32. The van der Waals surface area contributed by atoms with Gasteiger partial charge in [-0.25, -0.2) is 0 Å². The lowest BCUT2D eigenvalue weighted by Crippen LogP contribution is -2.45. The minimum atomic E-state index is -0.174. The van der Waals surface area contributed by atoms with Gasteiger partial charge < -0.3 is 29.2 Å². The summed E-state index contributed by atoms with van der Waals surface area (Å²) >= 11 is 0. The monoisotopic (exact) mass is 599 g/mol. The summed E-state index contributed by atoms with van der Waals surface area (Å²) < 4.78 is 26.5. The summed E-state index contributed by atoms with van der Waals surface area (Å²) in [7, 11) is 4.05. The quantitative estimate of drug-likeness (QED) is 0.270. The van der Waals surface area contributed by atoms with Crippen LogP contribution in [0.5, 0.6) is 23.1 Å². The predicted octanol–water partition coefficient (Wildman–Crippen LogP) is 4.48. The minimum Gasteiger partial charge on any atom is -0.492 e. The number of benzene rings is 3.